The van der Waals surface area contributed by atoms with E-state index in [1.165, 1.54) is 12.5 Å². The topological polar surface area (TPSA) is 87.7 Å². The van der Waals surface area contributed by atoms with Gasteiger partial charge in [0, 0.05) is 17.9 Å². The lowest BCUT2D eigenvalue weighted by Crippen LogP contribution is -2.30. The van der Waals surface area contributed by atoms with Crippen molar-refractivity contribution < 1.29 is 19.4 Å². The van der Waals surface area contributed by atoms with E-state index in [0.717, 1.165) is 0 Å². The lowest BCUT2D eigenvalue weighted by Gasteiger charge is -2.16. The number of ether oxygens (including phenoxy) is 1. The van der Waals surface area contributed by atoms with Crippen LogP contribution in [0.4, 0.5) is 11.4 Å². The average molecular weight is 370 g/mol. The number of hydrogen-bond donors (Lipinski definition) is 3. The minimum absolute atomic E-state index is 0.0577. The number of aliphatic hydroxyl groups excluding tert-OH is 1. The van der Waals surface area contributed by atoms with Crippen molar-refractivity contribution in [1.82, 2.24) is 0 Å². The molecule has 2 aromatic rings. The molecule has 0 aliphatic carbocycles. The summed E-state index contributed by atoms with van der Waals surface area (Å²) in [6.45, 7) is 5.98. The van der Waals surface area contributed by atoms with E-state index < -0.39 is 18.0 Å². The van der Waals surface area contributed by atoms with Crippen LogP contribution in [0.2, 0.25) is 0 Å². The Morgan fingerprint density at radius 2 is 1.70 bits per heavy atom. The summed E-state index contributed by atoms with van der Waals surface area (Å²) >= 11 is 0. The van der Waals surface area contributed by atoms with Gasteiger partial charge in [-0.2, -0.15) is 0 Å². The highest BCUT2D eigenvalue weighted by molar-refractivity contribution is 5.99. The Morgan fingerprint density at radius 3 is 2.33 bits per heavy atom. The molecule has 1 unspecified atom stereocenters. The molecule has 0 bridgehead atoms. The summed E-state index contributed by atoms with van der Waals surface area (Å²) in [6, 6.07) is 14.4. The zero-order valence-corrected chi connectivity index (χ0v) is 15.9. The molecule has 1 amide bonds. The Morgan fingerprint density at radius 1 is 1.04 bits per heavy atom. The van der Waals surface area contributed by atoms with Crippen LogP contribution in [0.5, 0.6) is 0 Å². The van der Waals surface area contributed by atoms with Gasteiger partial charge >= 0.3 is 5.97 Å². The minimum atomic E-state index is -0.951. The molecule has 0 fully saturated rings. The fourth-order valence-corrected chi connectivity index (χ4v) is 2.48. The van der Waals surface area contributed by atoms with Gasteiger partial charge in [0.15, 0.2) is 6.10 Å². The number of hydrogen-bond acceptors (Lipinski definition) is 5. The molecule has 0 saturated carbocycles. The van der Waals surface area contributed by atoms with E-state index in [0.29, 0.717) is 29.4 Å². The molecular formula is C21H26N2O4. The van der Waals surface area contributed by atoms with Gasteiger partial charge in [0.05, 0.1) is 12.2 Å². The van der Waals surface area contributed by atoms with Crippen LogP contribution in [0.1, 0.15) is 42.6 Å². The molecule has 0 aliphatic rings. The normalized spacial score (nSPS) is 11.7. The van der Waals surface area contributed by atoms with Crippen molar-refractivity contribution >= 4 is 23.3 Å². The maximum absolute atomic E-state index is 12.4. The van der Waals surface area contributed by atoms with Crippen LogP contribution in [0.3, 0.4) is 0 Å². The highest BCUT2D eigenvalue weighted by Gasteiger charge is 2.21. The largest absolute Gasteiger partial charge is 0.449 e. The van der Waals surface area contributed by atoms with Gasteiger partial charge in [0.2, 0.25) is 0 Å². The molecular weight excluding hydrogens is 344 g/mol. The first kappa shape index (κ1) is 20.5. The van der Waals surface area contributed by atoms with E-state index in [-0.39, 0.29) is 6.61 Å². The summed E-state index contributed by atoms with van der Waals surface area (Å²) in [5.74, 6) is -0.593. The highest BCUT2D eigenvalue weighted by Crippen LogP contribution is 2.19. The second kappa shape index (κ2) is 9.73. The molecule has 2 rings (SSSR count). The van der Waals surface area contributed by atoms with Gasteiger partial charge in [-0.15, -0.1) is 0 Å². The first-order valence-corrected chi connectivity index (χ1v) is 8.98. The predicted octanol–water partition coefficient (Wildman–Crippen LogP) is 3.40. The van der Waals surface area contributed by atoms with E-state index in [1.807, 2.05) is 24.3 Å². The van der Waals surface area contributed by atoms with E-state index in [4.69, 9.17) is 9.84 Å². The van der Waals surface area contributed by atoms with Gasteiger partial charge in [-0.05, 0) is 42.7 Å². The van der Waals surface area contributed by atoms with Crippen molar-refractivity contribution in [2.45, 2.75) is 32.8 Å². The third kappa shape index (κ3) is 5.82. The first-order chi connectivity index (χ1) is 12.9. The Labute approximate surface area is 159 Å². The van der Waals surface area contributed by atoms with Gasteiger partial charge in [0.25, 0.3) is 5.91 Å². The average Bonchev–Trinajstić information content (AvgIpc) is 2.66. The van der Waals surface area contributed by atoms with Crippen molar-refractivity contribution in [2.24, 2.45) is 0 Å². The third-order valence-electron chi connectivity index (χ3n) is 4.07. The number of amides is 1. The molecule has 27 heavy (non-hydrogen) atoms. The number of esters is 1. The SMILES string of the molecule is CC(OC(=O)c1ccccc1NCCO)C(=O)Nc1ccc(C(C)C)cc1. The molecule has 0 heterocycles. The van der Waals surface area contributed by atoms with Crippen LogP contribution >= 0.6 is 0 Å². The van der Waals surface area contributed by atoms with Crippen LogP contribution in [0.15, 0.2) is 48.5 Å². The fraction of sp³-hybridized carbons (Fsp3) is 0.333. The highest BCUT2D eigenvalue weighted by atomic mass is 16.5. The lowest BCUT2D eigenvalue weighted by molar-refractivity contribution is -0.123. The smallest absolute Gasteiger partial charge is 0.341 e. The Bertz CT molecular complexity index is 772. The Kier molecular flexibility index (Phi) is 7.37. The molecule has 0 aromatic heterocycles. The molecule has 3 N–H and O–H groups in total. The quantitative estimate of drug-likeness (QED) is 0.620. The van der Waals surface area contributed by atoms with Crippen molar-refractivity contribution in [1.29, 1.82) is 0 Å². The Balaban J connectivity index is 1.98. The number of carbonyl (C=O) groups is 2. The maximum Gasteiger partial charge on any atom is 0.341 e. The van der Waals surface area contributed by atoms with Crippen molar-refractivity contribution in [3.8, 4) is 0 Å². The summed E-state index contributed by atoms with van der Waals surface area (Å²) in [6.07, 6.45) is -0.951. The van der Waals surface area contributed by atoms with Gasteiger partial charge < -0.3 is 20.5 Å². The summed E-state index contributed by atoms with van der Waals surface area (Å²) in [5.41, 5.74) is 2.69. The van der Waals surface area contributed by atoms with Gasteiger partial charge in [-0.25, -0.2) is 4.79 Å². The lowest BCUT2D eigenvalue weighted by atomic mass is 10.0. The summed E-state index contributed by atoms with van der Waals surface area (Å²) < 4.78 is 5.30. The molecule has 144 valence electrons. The van der Waals surface area contributed by atoms with Crippen LogP contribution in [0, 0.1) is 0 Å². The molecule has 0 aliphatic heterocycles. The van der Waals surface area contributed by atoms with Crippen molar-refractivity contribution in [2.75, 3.05) is 23.8 Å². The van der Waals surface area contributed by atoms with Crippen molar-refractivity contribution in [3.05, 3.63) is 59.7 Å². The number of rotatable bonds is 8. The van der Waals surface area contributed by atoms with Gasteiger partial charge in [-0.3, -0.25) is 4.79 Å². The molecule has 2 aromatic carbocycles. The zero-order valence-electron chi connectivity index (χ0n) is 15.9. The number of anilines is 2. The first-order valence-electron chi connectivity index (χ1n) is 8.98. The van der Waals surface area contributed by atoms with Crippen molar-refractivity contribution in [3.63, 3.8) is 0 Å². The van der Waals surface area contributed by atoms with Gasteiger partial charge in [-0.1, -0.05) is 38.1 Å². The van der Waals surface area contributed by atoms with Crippen LogP contribution in [-0.4, -0.2) is 36.2 Å². The molecule has 0 radical (unpaired) electrons. The fourth-order valence-electron chi connectivity index (χ4n) is 2.48. The predicted molar refractivity (Wildman–Crippen MR) is 106 cm³/mol. The summed E-state index contributed by atoms with van der Waals surface area (Å²) in [4.78, 5) is 24.7. The van der Waals surface area contributed by atoms with E-state index >= 15 is 0 Å². The van der Waals surface area contributed by atoms with Crippen LogP contribution in [-0.2, 0) is 9.53 Å². The molecule has 0 spiro atoms. The zero-order chi connectivity index (χ0) is 19.8. The van der Waals surface area contributed by atoms with E-state index in [2.05, 4.69) is 24.5 Å². The van der Waals surface area contributed by atoms with E-state index in [1.54, 1.807) is 24.3 Å². The molecule has 0 saturated heterocycles. The number of aliphatic hydroxyl groups is 1. The Hall–Kier alpha value is -2.86. The molecule has 6 heteroatoms. The minimum Gasteiger partial charge on any atom is -0.449 e. The monoisotopic (exact) mass is 370 g/mol. The number of nitrogens with one attached hydrogen (secondary N) is 2. The van der Waals surface area contributed by atoms with Crippen LogP contribution < -0.4 is 10.6 Å². The maximum atomic E-state index is 12.4. The van der Waals surface area contributed by atoms with Crippen LogP contribution in [0.25, 0.3) is 0 Å². The second-order valence-corrected chi connectivity index (χ2v) is 6.51. The van der Waals surface area contributed by atoms with E-state index in [9.17, 15) is 9.59 Å². The molecule has 6 nitrogen and oxygen atoms in total. The van der Waals surface area contributed by atoms with Gasteiger partial charge in [0.1, 0.15) is 0 Å². The standard InChI is InChI=1S/C21H26N2O4/c1-14(2)16-8-10-17(11-9-16)23-20(25)15(3)27-21(26)18-6-4-5-7-19(18)22-12-13-24/h4-11,14-15,22,24H,12-13H2,1-3H3,(H,23,25). The number of benzene rings is 2. The summed E-state index contributed by atoms with van der Waals surface area (Å²) in [7, 11) is 0. The number of carbonyl (C=O) groups excluding carboxylic acids is 2. The number of para-hydroxylation sites is 1. The third-order valence-corrected chi connectivity index (χ3v) is 4.07. The molecule has 1 atom stereocenters. The summed E-state index contributed by atoms with van der Waals surface area (Å²) in [5, 5.41) is 14.6. The second-order valence-electron chi connectivity index (χ2n) is 6.51.